The topological polar surface area (TPSA) is 42.0 Å². The Labute approximate surface area is 149 Å². The fraction of sp³-hybridized carbons (Fsp3) is 0.105. The minimum absolute atomic E-state index is 0.407. The number of aryl methyl sites for hydroxylation is 1. The van der Waals surface area contributed by atoms with E-state index in [9.17, 15) is 4.21 Å². The third-order valence-electron chi connectivity index (χ3n) is 3.65. The lowest BCUT2D eigenvalue weighted by Gasteiger charge is -2.09. The van der Waals surface area contributed by atoms with Gasteiger partial charge in [-0.1, -0.05) is 35.9 Å². The molecule has 0 radical (unpaired) electrons. The Kier molecular flexibility index (Phi) is 5.28. The summed E-state index contributed by atoms with van der Waals surface area (Å²) in [6.45, 7) is 2.06. The summed E-state index contributed by atoms with van der Waals surface area (Å²) in [6.07, 6.45) is 3.64. The van der Waals surface area contributed by atoms with Crippen LogP contribution >= 0.6 is 11.6 Å². The van der Waals surface area contributed by atoms with Gasteiger partial charge in [0.1, 0.15) is 11.0 Å². The summed E-state index contributed by atoms with van der Waals surface area (Å²) < 4.78 is 15.3. The van der Waals surface area contributed by atoms with Crippen LogP contribution in [0.3, 0.4) is 0 Å². The van der Waals surface area contributed by atoms with Crippen molar-refractivity contribution in [3.63, 3.8) is 0 Å². The second-order valence-corrected chi connectivity index (χ2v) is 7.11. The Balaban J connectivity index is 1.68. The van der Waals surface area contributed by atoms with Crippen LogP contribution in [-0.2, 0) is 16.7 Å². The van der Waals surface area contributed by atoms with Crippen molar-refractivity contribution in [2.45, 2.75) is 12.7 Å². The summed E-state index contributed by atoms with van der Waals surface area (Å²) in [4.78, 5) is 4.17. The number of hydrogen-bond acceptors (Lipinski definition) is 2. The van der Waals surface area contributed by atoms with E-state index in [1.165, 1.54) is 5.56 Å². The molecular weight excluding hydrogens is 340 g/mol. The molecule has 0 saturated heterocycles. The summed E-state index contributed by atoms with van der Waals surface area (Å²) in [6, 6.07) is 17.3. The monoisotopic (exact) mass is 356 g/mol. The SMILES string of the molecule is Cc1ccncc1-c1ccc(NS(=O)Cc2cccc(Cl)c2)cc1. The van der Waals surface area contributed by atoms with E-state index < -0.39 is 11.0 Å². The van der Waals surface area contributed by atoms with E-state index >= 15 is 0 Å². The van der Waals surface area contributed by atoms with Crippen molar-refractivity contribution in [2.75, 3.05) is 4.72 Å². The number of nitrogens with zero attached hydrogens (tertiary/aromatic N) is 1. The minimum atomic E-state index is -1.21. The molecule has 0 aliphatic carbocycles. The summed E-state index contributed by atoms with van der Waals surface area (Å²) >= 11 is 5.95. The molecule has 122 valence electrons. The quantitative estimate of drug-likeness (QED) is 0.700. The third-order valence-corrected chi connectivity index (χ3v) is 4.95. The van der Waals surface area contributed by atoms with Crippen LogP contribution in [0.5, 0.6) is 0 Å². The molecular formula is C19H17ClN2OS. The number of aromatic nitrogens is 1. The number of pyridine rings is 1. The Morgan fingerprint density at radius 2 is 1.92 bits per heavy atom. The van der Waals surface area contributed by atoms with E-state index in [1.807, 2.05) is 54.7 Å². The molecule has 0 spiro atoms. The zero-order valence-electron chi connectivity index (χ0n) is 13.2. The van der Waals surface area contributed by atoms with E-state index in [0.717, 1.165) is 22.4 Å². The summed E-state index contributed by atoms with van der Waals surface area (Å²) in [5.41, 5.74) is 5.13. The predicted molar refractivity (Wildman–Crippen MR) is 101 cm³/mol. The van der Waals surface area contributed by atoms with Gasteiger partial charge in [-0.3, -0.25) is 4.98 Å². The van der Waals surface area contributed by atoms with E-state index in [1.54, 1.807) is 12.3 Å². The third kappa shape index (κ3) is 4.22. The van der Waals surface area contributed by atoms with Gasteiger partial charge in [0.25, 0.3) is 0 Å². The van der Waals surface area contributed by atoms with Crippen LogP contribution in [0.2, 0.25) is 5.02 Å². The first kappa shape index (κ1) is 16.7. The Hall–Kier alpha value is -2.17. The standard InChI is InChI=1S/C19H17ClN2OS/c1-14-9-10-21-12-19(14)16-5-7-18(8-6-16)22-24(23)13-15-3-2-4-17(20)11-15/h2-12,22H,13H2,1H3. The first-order valence-electron chi connectivity index (χ1n) is 7.52. The molecule has 0 aliphatic heterocycles. The molecule has 2 aromatic carbocycles. The van der Waals surface area contributed by atoms with E-state index in [0.29, 0.717) is 10.8 Å². The van der Waals surface area contributed by atoms with Crippen molar-refractivity contribution >= 4 is 28.3 Å². The molecule has 1 aromatic heterocycles. The molecule has 0 saturated carbocycles. The van der Waals surface area contributed by atoms with Gasteiger partial charge < -0.3 is 4.72 Å². The molecule has 24 heavy (non-hydrogen) atoms. The molecule has 3 aromatic rings. The largest absolute Gasteiger partial charge is 0.305 e. The Bertz CT molecular complexity index is 865. The summed E-state index contributed by atoms with van der Waals surface area (Å²) in [5.74, 6) is 0.407. The lowest BCUT2D eigenvalue weighted by molar-refractivity contribution is 0.686. The first-order valence-corrected chi connectivity index (χ1v) is 9.22. The fourth-order valence-corrected chi connectivity index (χ4v) is 3.60. The average Bonchev–Trinajstić information content (AvgIpc) is 2.56. The van der Waals surface area contributed by atoms with Crippen LogP contribution in [0.4, 0.5) is 5.69 Å². The Morgan fingerprint density at radius 1 is 1.12 bits per heavy atom. The fourth-order valence-electron chi connectivity index (χ4n) is 2.43. The van der Waals surface area contributed by atoms with Crippen LogP contribution in [0.15, 0.2) is 67.0 Å². The van der Waals surface area contributed by atoms with Gasteiger partial charge >= 0.3 is 0 Å². The van der Waals surface area contributed by atoms with Gasteiger partial charge in [0.05, 0.1) is 5.75 Å². The molecule has 0 aliphatic rings. The van der Waals surface area contributed by atoms with Crippen LogP contribution < -0.4 is 4.72 Å². The normalized spacial score (nSPS) is 11.9. The number of rotatable bonds is 5. The number of nitrogens with one attached hydrogen (secondary N) is 1. The van der Waals surface area contributed by atoms with E-state index in [4.69, 9.17) is 11.6 Å². The van der Waals surface area contributed by atoms with Crippen LogP contribution in [0.25, 0.3) is 11.1 Å². The van der Waals surface area contributed by atoms with E-state index in [2.05, 4.69) is 16.6 Å². The molecule has 1 heterocycles. The van der Waals surface area contributed by atoms with Gasteiger partial charge in [-0.2, -0.15) is 0 Å². The van der Waals surface area contributed by atoms with Crippen molar-refractivity contribution in [2.24, 2.45) is 0 Å². The lowest BCUT2D eigenvalue weighted by Crippen LogP contribution is -2.06. The molecule has 1 N–H and O–H groups in total. The predicted octanol–water partition coefficient (Wildman–Crippen LogP) is 4.99. The molecule has 3 rings (SSSR count). The summed E-state index contributed by atoms with van der Waals surface area (Å²) in [5, 5.41) is 0.653. The van der Waals surface area contributed by atoms with Gasteiger partial charge in [-0.15, -0.1) is 0 Å². The van der Waals surface area contributed by atoms with Gasteiger partial charge in [0.15, 0.2) is 0 Å². The molecule has 0 bridgehead atoms. The second kappa shape index (κ2) is 7.60. The van der Waals surface area contributed by atoms with Crippen LogP contribution in [-0.4, -0.2) is 9.19 Å². The zero-order chi connectivity index (χ0) is 16.9. The van der Waals surface area contributed by atoms with Crippen molar-refractivity contribution in [3.8, 4) is 11.1 Å². The van der Waals surface area contributed by atoms with Gasteiger partial charge in [0.2, 0.25) is 0 Å². The lowest BCUT2D eigenvalue weighted by atomic mass is 10.0. The minimum Gasteiger partial charge on any atom is -0.305 e. The zero-order valence-corrected chi connectivity index (χ0v) is 14.8. The van der Waals surface area contributed by atoms with Crippen LogP contribution in [0.1, 0.15) is 11.1 Å². The number of anilines is 1. The highest BCUT2D eigenvalue weighted by Gasteiger charge is 2.05. The highest BCUT2D eigenvalue weighted by atomic mass is 35.5. The smallest absolute Gasteiger partial charge is 0.121 e. The molecule has 1 atom stereocenters. The number of halogens is 1. The average molecular weight is 357 g/mol. The molecule has 3 nitrogen and oxygen atoms in total. The van der Waals surface area contributed by atoms with E-state index in [-0.39, 0.29) is 0 Å². The summed E-state index contributed by atoms with van der Waals surface area (Å²) in [7, 11) is -1.21. The first-order chi connectivity index (χ1) is 11.6. The van der Waals surface area contributed by atoms with Crippen molar-refractivity contribution in [1.82, 2.24) is 4.98 Å². The van der Waals surface area contributed by atoms with Crippen molar-refractivity contribution in [1.29, 1.82) is 0 Å². The highest BCUT2D eigenvalue weighted by molar-refractivity contribution is 7.85. The maximum Gasteiger partial charge on any atom is 0.121 e. The molecule has 1 unspecified atom stereocenters. The molecule has 5 heteroatoms. The molecule has 0 amide bonds. The number of hydrogen-bond donors (Lipinski definition) is 1. The van der Waals surface area contributed by atoms with Crippen LogP contribution in [0, 0.1) is 6.92 Å². The Morgan fingerprint density at radius 3 is 2.62 bits per heavy atom. The van der Waals surface area contributed by atoms with Gasteiger partial charge in [0, 0.05) is 28.7 Å². The second-order valence-electron chi connectivity index (χ2n) is 5.49. The van der Waals surface area contributed by atoms with Crippen molar-refractivity contribution in [3.05, 3.63) is 83.1 Å². The molecule has 0 fully saturated rings. The van der Waals surface area contributed by atoms with Crippen molar-refractivity contribution < 1.29 is 4.21 Å². The maximum absolute atomic E-state index is 12.2. The highest BCUT2D eigenvalue weighted by Crippen LogP contribution is 2.24. The van der Waals surface area contributed by atoms with Gasteiger partial charge in [-0.05, 0) is 53.9 Å². The maximum atomic E-state index is 12.2. The number of benzene rings is 2. The van der Waals surface area contributed by atoms with Gasteiger partial charge in [-0.25, -0.2) is 4.21 Å².